The maximum atomic E-state index is 12.4. The molecule has 32 heavy (non-hydrogen) atoms. The molecule has 1 N–H and O–H groups in total. The number of hydrogen-bond acceptors (Lipinski definition) is 2. The van der Waals surface area contributed by atoms with Crippen LogP contribution in [0.1, 0.15) is 87.2 Å². The lowest BCUT2D eigenvalue weighted by atomic mass is 10.1. The highest BCUT2D eigenvalue weighted by Crippen LogP contribution is 2.26. The molecule has 0 radical (unpaired) electrons. The molecule has 178 valence electrons. The van der Waals surface area contributed by atoms with Crippen LogP contribution in [0.5, 0.6) is 5.75 Å². The van der Waals surface area contributed by atoms with Gasteiger partial charge in [0, 0.05) is 17.7 Å². The van der Waals surface area contributed by atoms with Gasteiger partial charge >= 0.3 is 0 Å². The lowest BCUT2D eigenvalue weighted by Gasteiger charge is -2.10. The number of nitrogens with zero attached hydrogens (tertiary/aromatic N) is 1. The molecule has 0 aliphatic heterocycles. The van der Waals surface area contributed by atoms with E-state index in [0.717, 1.165) is 12.1 Å². The summed E-state index contributed by atoms with van der Waals surface area (Å²) in [6.45, 7) is 3.38. The zero-order valence-corrected chi connectivity index (χ0v) is 22.5. The van der Waals surface area contributed by atoms with Crippen molar-refractivity contribution in [3.8, 4) is 5.75 Å². The van der Waals surface area contributed by atoms with Crippen LogP contribution in [0.4, 0.5) is 0 Å². The summed E-state index contributed by atoms with van der Waals surface area (Å²) in [7, 11) is 1.96. The van der Waals surface area contributed by atoms with Gasteiger partial charge in [-0.25, -0.2) is 4.57 Å². The van der Waals surface area contributed by atoms with Crippen molar-refractivity contribution in [2.45, 2.75) is 77.7 Å². The summed E-state index contributed by atoms with van der Waals surface area (Å²) in [5.74, 6) is 0.496. The summed E-state index contributed by atoms with van der Waals surface area (Å²) in [4.78, 5) is 12.4. The highest BCUT2D eigenvalue weighted by atomic mass is 127. The van der Waals surface area contributed by atoms with Gasteiger partial charge in [-0.1, -0.05) is 82.4 Å². The fourth-order valence-electron chi connectivity index (χ4n) is 3.55. The quantitative estimate of drug-likeness (QED) is 0.202. The largest absolute Gasteiger partial charge is 1.00 e. The van der Waals surface area contributed by atoms with E-state index in [2.05, 4.69) is 12.2 Å². The molecule has 0 fully saturated rings. The molecule has 1 aromatic heterocycles. The standard InChI is InChI=1S/C26H37ClN2O2.HI/c1-3-4-5-6-7-8-9-10-11-14-19-31-25-17-16-22(20-24(25)27)26(30)28-21-23-15-12-13-18-29(23)2;/h12-13,15-18,20H,3-11,14,19,21H2,1-2H3;1H. The highest BCUT2D eigenvalue weighted by molar-refractivity contribution is 6.32. The Morgan fingerprint density at radius 2 is 1.62 bits per heavy atom. The van der Waals surface area contributed by atoms with Crippen LogP contribution in [-0.4, -0.2) is 12.5 Å². The fourth-order valence-corrected chi connectivity index (χ4v) is 3.78. The van der Waals surface area contributed by atoms with E-state index in [1.807, 2.05) is 36.0 Å². The van der Waals surface area contributed by atoms with Gasteiger partial charge in [0.2, 0.25) is 0 Å². The number of hydrogen-bond donors (Lipinski definition) is 1. The van der Waals surface area contributed by atoms with Gasteiger partial charge in [0.15, 0.2) is 11.9 Å². The molecule has 0 aliphatic rings. The maximum absolute atomic E-state index is 12.4. The second-order valence-electron chi connectivity index (χ2n) is 8.16. The van der Waals surface area contributed by atoms with Crippen LogP contribution in [0.3, 0.4) is 0 Å². The molecule has 1 heterocycles. The van der Waals surface area contributed by atoms with Gasteiger partial charge in [0.1, 0.15) is 19.3 Å². The average Bonchev–Trinajstić information content (AvgIpc) is 2.77. The predicted octanol–water partition coefficient (Wildman–Crippen LogP) is 3.40. The van der Waals surface area contributed by atoms with Gasteiger partial charge < -0.3 is 34.0 Å². The van der Waals surface area contributed by atoms with Crippen LogP contribution in [-0.2, 0) is 13.6 Å². The lowest BCUT2D eigenvalue weighted by Crippen LogP contribution is -3.00. The summed E-state index contributed by atoms with van der Waals surface area (Å²) >= 11 is 6.34. The van der Waals surface area contributed by atoms with Gasteiger partial charge in [-0.05, 0) is 24.6 Å². The zero-order chi connectivity index (χ0) is 22.3. The topological polar surface area (TPSA) is 42.2 Å². The molecule has 0 aliphatic carbocycles. The molecule has 2 aromatic rings. The Morgan fingerprint density at radius 1 is 0.969 bits per heavy atom. The first kappa shape index (κ1) is 28.7. The first-order valence-electron chi connectivity index (χ1n) is 11.8. The van der Waals surface area contributed by atoms with Crippen LogP contribution in [0.2, 0.25) is 5.02 Å². The normalized spacial score (nSPS) is 10.5. The monoisotopic (exact) mass is 572 g/mol. The van der Waals surface area contributed by atoms with Gasteiger partial charge in [-0.2, -0.15) is 0 Å². The zero-order valence-electron chi connectivity index (χ0n) is 19.5. The van der Waals surface area contributed by atoms with Crippen LogP contribution >= 0.6 is 11.6 Å². The fraction of sp³-hybridized carbons (Fsp3) is 0.538. The molecule has 0 unspecified atom stereocenters. The Balaban J connectivity index is 0.00000512. The number of unbranched alkanes of at least 4 members (excludes halogenated alkanes) is 9. The van der Waals surface area contributed by atoms with E-state index < -0.39 is 0 Å². The third-order valence-corrected chi connectivity index (χ3v) is 5.84. The number of amides is 1. The summed E-state index contributed by atoms with van der Waals surface area (Å²) in [6.07, 6.45) is 14.9. The Morgan fingerprint density at radius 3 is 2.25 bits per heavy atom. The minimum atomic E-state index is -0.146. The number of pyridine rings is 1. The second-order valence-corrected chi connectivity index (χ2v) is 8.57. The minimum Gasteiger partial charge on any atom is -1.00 e. The summed E-state index contributed by atoms with van der Waals surface area (Å²) in [6, 6.07) is 11.1. The first-order valence-corrected chi connectivity index (χ1v) is 12.1. The van der Waals surface area contributed by atoms with Gasteiger partial charge in [-0.15, -0.1) is 0 Å². The Bertz CT molecular complexity index is 801. The predicted molar refractivity (Wildman–Crippen MR) is 128 cm³/mol. The smallest absolute Gasteiger partial charge is 0.251 e. The molecular weight excluding hydrogens is 535 g/mol. The Kier molecular flexibility index (Phi) is 15.4. The highest BCUT2D eigenvalue weighted by Gasteiger charge is 2.12. The maximum Gasteiger partial charge on any atom is 0.251 e. The number of nitrogens with one attached hydrogen (secondary N) is 1. The van der Waals surface area contributed by atoms with E-state index in [1.165, 1.54) is 57.8 Å². The molecule has 0 atom stereocenters. The number of halogens is 2. The van der Waals surface area contributed by atoms with Gasteiger partial charge in [-0.3, -0.25) is 4.79 Å². The van der Waals surface area contributed by atoms with Crippen molar-refractivity contribution >= 4 is 17.5 Å². The van der Waals surface area contributed by atoms with E-state index >= 15 is 0 Å². The van der Waals surface area contributed by atoms with Crippen LogP contribution in [0.25, 0.3) is 0 Å². The van der Waals surface area contributed by atoms with E-state index in [0.29, 0.717) is 29.5 Å². The summed E-state index contributed by atoms with van der Waals surface area (Å²) < 4.78 is 7.81. The van der Waals surface area contributed by atoms with Crippen LogP contribution in [0, 0.1) is 0 Å². The lowest BCUT2D eigenvalue weighted by molar-refractivity contribution is -0.679. The van der Waals surface area contributed by atoms with E-state index in [9.17, 15) is 4.79 Å². The number of carbonyl (C=O) groups excluding carboxylic acids is 1. The van der Waals surface area contributed by atoms with Crippen molar-refractivity contribution in [1.82, 2.24) is 5.32 Å². The number of aryl methyl sites for hydroxylation is 1. The molecule has 0 bridgehead atoms. The molecule has 6 heteroatoms. The Hall–Kier alpha value is -1.34. The molecule has 1 aromatic carbocycles. The molecule has 1 amide bonds. The van der Waals surface area contributed by atoms with E-state index in [4.69, 9.17) is 16.3 Å². The second kappa shape index (κ2) is 17.2. The van der Waals surface area contributed by atoms with Crippen molar-refractivity contribution < 1.29 is 38.1 Å². The molecule has 0 spiro atoms. The third-order valence-electron chi connectivity index (χ3n) is 5.54. The summed E-state index contributed by atoms with van der Waals surface area (Å²) in [5.41, 5.74) is 1.56. The van der Waals surface area contributed by atoms with Gasteiger partial charge in [0.25, 0.3) is 5.91 Å². The number of carbonyl (C=O) groups is 1. The van der Waals surface area contributed by atoms with Crippen molar-refractivity contribution in [1.29, 1.82) is 0 Å². The average molecular weight is 573 g/mol. The van der Waals surface area contributed by atoms with Crippen molar-refractivity contribution in [3.63, 3.8) is 0 Å². The summed E-state index contributed by atoms with van der Waals surface area (Å²) in [5, 5.41) is 3.41. The van der Waals surface area contributed by atoms with E-state index in [1.54, 1.807) is 18.2 Å². The first-order chi connectivity index (χ1) is 15.1. The SMILES string of the molecule is CCCCCCCCCCCCOc1ccc(C(=O)NCc2cccc[n+]2C)cc1Cl.[I-]. The third kappa shape index (κ3) is 11.0. The molecular formula is C26H38ClIN2O2. The van der Waals surface area contributed by atoms with Crippen molar-refractivity contribution in [3.05, 3.63) is 58.9 Å². The number of benzene rings is 1. The number of ether oxygens (including phenoxy) is 1. The van der Waals surface area contributed by atoms with E-state index in [-0.39, 0.29) is 29.9 Å². The van der Waals surface area contributed by atoms with Gasteiger partial charge in [0.05, 0.1) is 11.6 Å². The molecule has 4 nitrogen and oxygen atoms in total. The van der Waals surface area contributed by atoms with Crippen molar-refractivity contribution in [2.24, 2.45) is 7.05 Å². The minimum absolute atomic E-state index is 0. The Labute approximate surface area is 216 Å². The van der Waals surface area contributed by atoms with Crippen LogP contribution in [0.15, 0.2) is 42.6 Å². The molecule has 0 saturated carbocycles. The molecule has 2 rings (SSSR count). The molecule has 0 saturated heterocycles. The van der Waals surface area contributed by atoms with Crippen molar-refractivity contribution in [2.75, 3.05) is 6.61 Å². The number of rotatable bonds is 15. The number of aromatic nitrogens is 1. The van der Waals surface area contributed by atoms with Crippen LogP contribution < -0.4 is 38.6 Å².